The van der Waals surface area contributed by atoms with Crippen LogP contribution in [-0.2, 0) is 0 Å². The van der Waals surface area contributed by atoms with Crippen molar-refractivity contribution < 1.29 is 9.90 Å². The third-order valence-corrected chi connectivity index (χ3v) is 2.42. The highest BCUT2D eigenvalue weighted by atomic mass is 16.4. The summed E-state index contributed by atoms with van der Waals surface area (Å²) in [6.07, 6.45) is 1.60. The average Bonchev–Trinajstić information content (AvgIpc) is 2.29. The summed E-state index contributed by atoms with van der Waals surface area (Å²) < 4.78 is 0. The molecule has 0 aliphatic heterocycles. The Morgan fingerprint density at radius 2 is 2.18 bits per heavy atom. The van der Waals surface area contributed by atoms with E-state index in [1.807, 2.05) is 6.07 Å². The Bertz CT molecular complexity index is 582. The van der Waals surface area contributed by atoms with Gasteiger partial charge in [-0.2, -0.15) is 0 Å². The van der Waals surface area contributed by atoms with Gasteiger partial charge < -0.3 is 10.8 Å². The molecule has 1 heterocycles. The normalized spacial score (nSPS) is 10.2. The molecule has 0 atom stereocenters. The van der Waals surface area contributed by atoms with Crippen LogP contribution >= 0.6 is 0 Å². The fourth-order valence-corrected chi connectivity index (χ4v) is 1.59. The second kappa shape index (κ2) is 4.21. The van der Waals surface area contributed by atoms with E-state index in [0.29, 0.717) is 0 Å². The van der Waals surface area contributed by atoms with Gasteiger partial charge in [0.2, 0.25) is 5.95 Å². The van der Waals surface area contributed by atoms with E-state index >= 15 is 0 Å². The number of carboxylic acids is 1. The van der Waals surface area contributed by atoms with E-state index in [1.54, 1.807) is 31.3 Å². The molecule has 0 amide bonds. The van der Waals surface area contributed by atoms with Gasteiger partial charge in [-0.3, -0.25) is 0 Å². The molecule has 0 fully saturated rings. The maximum atomic E-state index is 10.9. The summed E-state index contributed by atoms with van der Waals surface area (Å²) in [5, 5.41) is 8.92. The summed E-state index contributed by atoms with van der Waals surface area (Å²) in [5.74, 6) is -0.749. The van der Waals surface area contributed by atoms with Crippen molar-refractivity contribution in [3.05, 3.63) is 41.7 Å². The lowest BCUT2D eigenvalue weighted by Crippen LogP contribution is -1.99. The Morgan fingerprint density at radius 3 is 2.82 bits per heavy atom. The molecule has 3 N–H and O–H groups in total. The third-order valence-electron chi connectivity index (χ3n) is 2.42. The Labute approximate surface area is 98.0 Å². The molecule has 0 saturated heterocycles. The quantitative estimate of drug-likeness (QED) is 0.818. The van der Waals surface area contributed by atoms with Crippen LogP contribution in [0.2, 0.25) is 0 Å². The standard InChI is InChI=1S/C12H11N3O2/c1-7-10(6-14-12(13)15-7)8-3-2-4-9(5-8)11(16)17/h2-6H,1H3,(H,16,17)(H2,13,14,15). The summed E-state index contributed by atoms with van der Waals surface area (Å²) in [6, 6.07) is 6.63. The van der Waals surface area contributed by atoms with Crippen LogP contribution in [0.25, 0.3) is 11.1 Å². The fraction of sp³-hybridized carbons (Fsp3) is 0.0833. The van der Waals surface area contributed by atoms with E-state index in [1.165, 1.54) is 0 Å². The molecule has 0 unspecified atom stereocenters. The number of hydrogen-bond donors (Lipinski definition) is 2. The van der Waals surface area contributed by atoms with Crippen molar-refractivity contribution in [1.82, 2.24) is 9.97 Å². The number of hydrogen-bond acceptors (Lipinski definition) is 4. The first-order valence-corrected chi connectivity index (χ1v) is 5.01. The van der Waals surface area contributed by atoms with Crippen molar-refractivity contribution in [3.63, 3.8) is 0 Å². The molecule has 0 aliphatic carbocycles. The van der Waals surface area contributed by atoms with Gasteiger partial charge in [0.1, 0.15) is 0 Å². The number of aryl methyl sites for hydroxylation is 1. The largest absolute Gasteiger partial charge is 0.478 e. The number of rotatable bonds is 2. The minimum atomic E-state index is -0.958. The van der Waals surface area contributed by atoms with Crippen molar-refractivity contribution in [1.29, 1.82) is 0 Å². The summed E-state index contributed by atoms with van der Waals surface area (Å²) in [6.45, 7) is 1.81. The van der Waals surface area contributed by atoms with Crippen LogP contribution in [0.5, 0.6) is 0 Å². The molecule has 0 radical (unpaired) electrons. The topological polar surface area (TPSA) is 89.1 Å². The van der Waals surface area contributed by atoms with Crippen LogP contribution in [0.4, 0.5) is 5.95 Å². The number of carbonyl (C=O) groups is 1. The summed E-state index contributed by atoms with van der Waals surface area (Å²) in [7, 11) is 0. The van der Waals surface area contributed by atoms with Crippen LogP contribution in [0.3, 0.4) is 0 Å². The van der Waals surface area contributed by atoms with Gasteiger partial charge in [-0.25, -0.2) is 14.8 Å². The molecule has 17 heavy (non-hydrogen) atoms. The molecule has 2 rings (SSSR count). The van der Waals surface area contributed by atoms with Crippen LogP contribution in [0, 0.1) is 6.92 Å². The van der Waals surface area contributed by atoms with Crippen LogP contribution in [0.15, 0.2) is 30.5 Å². The van der Waals surface area contributed by atoms with E-state index < -0.39 is 5.97 Å². The molecular weight excluding hydrogens is 218 g/mol. The van der Waals surface area contributed by atoms with Crippen molar-refractivity contribution in [2.75, 3.05) is 5.73 Å². The minimum Gasteiger partial charge on any atom is -0.478 e. The van der Waals surface area contributed by atoms with Crippen molar-refractivity contribution in [2.24, 2.45) is 0 Å². The maximum Gasteiger partial charge on any atom is 0.335 e. The van der Waals surface area contributed by atoms with Gasteiger partial charge in [0.25, 0.3) is 0 Å². The minimum absolute atomic E-state index is 0.209. The Balaban J connectivity index is 2.53. The average molecular weight is 229 g/mol. The van der Waals surface area contributed by atoms with Gasteiger partial charge in [-0.05, 0) is 24.6 Å². The van der Waals surface area contributed by atoms with Crippen LogP contribution < -0.4 is 5.73 Å². The first-order chi connectivity index (χ1) is 8.08. The number of nitrogen functional groups attached to an aromatic ring is 1. The SMILES string of the molecule is Cc1nc(N)ncc1-c1cccc(C(=O)O)c1. The number of aromatic carboxylic acids is 1. The Kier molecular flexibility index (Phi) is 2.74. The van der Waals surface area contributed by atoms with E-state index in [2.05, 4.69) is 9.97 Å². The summed E-state index contributed by atoms with van der Waals surface area (Å²) in [5.41, 5.74) is 7.97. The number of aromatic nitrogens is 2. The smallest absolute Gasteiger partial charge is 0.335 e. The molecule has 0 saturated carbocycles. The molecule has 1 aromatic carbocycles. The summed E-state index contributed by atoms with van der Waals surface area (Å²) in [4.78, 5) is 18.8. The molecule has 5 heteroatoms. The second-order valence-electron chi connectivity index (χ2n) is 3.61. The van der Waals surface area contributed by atoms with Crippen LogP contribution in [-0.4, -0.2) is 21.0 Å². The van der Waals surface area contributed by atoms with Gasteiger partial charge in [0.15, 0.2) is 0 Å². The fourth-order valence-electron chi connectivity index (χ4n) is 1.59. The highest BCUT2D eigenvalue weighted by Crippen LogP contribution is 2.22. The predicted molar refractivity (Wildman–Crippen MR) is 63.6 cm³/mol. The molecule has 0 aliphatic rings. The highest BCUT2D eigenvalue weighted by molar-refractivity contribution is 5.89. The zero-order chi connectivity index (χ0) is 12.4. The number of anilines is 1. The van der Waals surface area contributed by atoms with Crippen LogP contribution in [0.1, 0.15) is 16.1 Å². The second-order valence-corrected chi connectivity index (χ2v) is 3.61. The van der Waals surface area contributed by atoms with E-state index in [-0.39, 0.29) is 11.5 Å². The van der Waals surface area contributed by atoms with Crippen molar-refractivity contribution >= 4 is 11.9 Å². The number of nitrogens with zero attached hydrogens (tertiary/aromatic N) is 2. The van der Waals surface area contributed by atoms with E-state index in [0.717, 1.165) is 16.8 Å². The van der Waals surface area contributed by atoms with E-state index in [9.17, 15) is 4.79 Å². The summed E-state index contributed by atoms with van der Waals surface area (Å²) >= 11 is 0. The monoisotopic (exact) mass is 229 g/mol. The number of carboxylic acid groups (broad SMARTS) is 1. The highest BCUT2D eigenvalue weighted by Gasteiger charge is 2.08. The predicted octanol–water partition coefficient (Wildman–Crippen LogP) is 1.73. The van der Waals surface area contributed by atoms with Crippen molar-refractivity contribution in [3.8, 4) is 11.1 Å². The van der Waals surface area contributed by atoms with Gasteiger partial charge in [0, 0.05) is 11.8 Å². The lowest BCUT2D eigenvalue weighted by atomic mass is 10.0. The molecule has 86 valence electrons. The molecule has 0 bridgehead atoms. The molecule has 5 nitrogen and oxygen atoms in total. The molecule has 2 aromatic rings. The van der Waals surface area contributed by atoms with Gasteiger partial charge in [-0.15, -0.1) is 0 Å². The van der Waals surface area contributed by atoms with Crippen molar-refractivity contribution in [2.45, 2.75) is 6.92 Å². The maximum absolute atomic E-state index is 10.9. The lowest BCUT2D eigenvalue weighted by Gasteiger charge is -2.06. The first-order valence-electron chi connectivity index (χ1n) is 5.01. The first kappa shape index (κ1) is 11.1. The van der Waals surface area contributed by atoms with Gasteiger partial charge in [-0.1, -0.05) is 12.1 Å². The van der Waals surface area contributed by atoms with E-state index in [4.69, 9.17) is 10.8 Å². The zero-order valence-electron chi connectivity index (χ0n) is 9.21. The van der Waals surface area contributed by atoms with Gasteiger partial charge in [0.05, 0.1) is 11.3 Å². The molecule has 0 spiro atoms. The lowest BCUT2D eigenvalue weighted by molar-refractivity contribution is 0.0697. The molecular formula is C12H11N3O2. The Morgan fingerprint density at radius 1 is 1.41 bits per heavy atom. The number of benzene rings is 1. The zero-order valence-corrected chi connectivity index (χ0v) is 9.21. The number of nitrogens with two attached hydrogens (primary N) is 1. The molecule has 1 aromatic heterocycles. The Hall–Kier alpha value is -2.43. The van der Waals surface area contributed by atoms with Gasteiger partial charge >= 0.3 is 5.97 Å². The third kappa shape index (κ3) is 2.23.